The lowest BCUT2D eigenvalue weighted by Gasteiger charge is -2.13. The molecule has 0 spiro atoms. The van der Waals surface area contributed by atoms with Gasteiger partial charge in [0.25, 0.3) is 0 Å². The number of ketones is 1. The molecule has 26 heavy (non-hydrogen) atoms. The number of carbonyl (C=O) groups is 1. The average molecular weight is 376 g/mol. The van der Waals surface area contributed by atoms with Crippen molar-refractivity contribution in [3.05, 3.63) is 35.7 Å². The molecule has 0 N–H and O–H groups in total. The van der Waals surface area contributed by atoms with Crippen LogP contribution in [0.5, 0.6) is 5.75 Å². The highest BCUT2D eigenvalue weighted by atomic mass is 32.2. The predicted octanol–water partition coefficient (Wildman–Crippen LogP) is 4.54. The molecule has 2 rings (SSSR count). The molecule has 0 atom stereocenters. The molecule has 142 valence electrons. The van der Waals surface area contributed by atoms with Gasteiger partial charge in [0.2, 0.25) is 0 Å². The summed E-state index contributed by atoms with van der Waals surface area (Å²) in [6, 6.07) is 8.17. The molecule has 0 aliphatic carbocycles. The number of aryl methyl sites for hydroxylation is 1. The molecule has 1 heterocycles. The van der Waals surface area contributed by atoms with Gasteiger partial charge in [-0.05, 0) is 43.4 Å². The monoisotopic (exact) mass is 375 g/mol. The second kappa shape index (κ2) is 10.4. The van der Waals surface area contributed by atoms with Gasteiger partial charge in [0, 0.05) is 18.7 Å². The SMILES string of the molecule is CCc1ccc(OCc2nnc(SCCCC(C)=O)n2CC(C)C)cc1. The van der Waals surface area contributed by atoms with Crippen LogP contribution in [0.25, 0.3) is 0 Å². The molecule has 0 bridgehead atoms. The second-order valence-electron chi connectivity index (χ2n) is 6.84. The number of benzene rings is 1. The van der Waals surface area contributed by atoms with Crippen LogP contribution in [-0.4, -0.2) is 26.3 Å². The first-order valence-corrected chi connectivity index (χ1v) is 10.2. The highest BCUT2D eigenvalue weighted by Crippen LogP contribution is 2.21. The van der Waals surface area contributed by atoms with Crippen molar-refractivity contribution in [2.24, 2.45) is 5.92 Å². The maximum Gasteiger partial charge on any atom is 0.191 e. The van der Waals surface area contributed by atoms with E-state index in [2.05, 4.69) is 47.7 Å². The number of hydrogen-bond donors (Lipinski definition) is 0. The molecule has 2 aromatic rings. The molecule has 0 aliphatic heterocycles. The minimum absolute atomic E-state index is 0.234. The number of Topliss-reactive ketones (excluding diaryl/α,β-unsaturated/α-hetero) is 1. The number of nitrogens with zero attached hydrogens (tertiary/aromatic N) is 3. The van der Waals surface area contributed by atoms with E-state index in [9.17, 15) is 4.79 Å². The number of ether oxygens (including phenoxy) is 1. The molecular weight excluding hydrogens is 346 g/mol. The molecule has 1 aromatic heterocycles. The summed E-state index contributed by atoms with van der Waals surface area (Å²) in [4.78, 5) is 11.1. The Bertz CT molecular complexity index is 696. The van der Waals surface area contributed by atoms with Crippen LogP contribution in [0.3, 0.4) is 0 Å². The van der Waals surface area contributed by atoms with Crippen LogP contribution in [0.1, 0.15) is 51.9 Å². The molecule has 0 aliphatic rings. The molecule has 0 fully saturated rings. The van der Waals surface area contributed by atoms with E-state index in [0.29, 0.717) is 18.9 Å². The van der Waals surface area contributed by atoms with E-state index in [-0.39, 0.29) is 5.78 Å². The zero-order valence-corrected chi connectivity index (χ0v) is 17.0. The third-order valence-electron chi connectivity index (χ3n) is 3.95. The molecule has 0 amide bonds. The highest BCUT2D eigenvalue weighted by Gasteiger charge is 2.14. The van der Waals surface area contributed by atoms with Crippen LogP contribution in [0.4, 0.5) is 0 Å². The van der Waals surface area contributed by atoms with E-state index >= 15 is 0 Å². The van der Waals surface area contributed by atoms with Crippen molar-refractivity contribution in [1.82, 2.24) is 14.8 Å². The van der Waals surface area contributed by atoms with Gasteiger partial charge >= 0.3 is 0 Å². The first-order chi connectivity index (χ1) is 12.5. The summed E-state index contributed by atoms with van der Waals surface area (Å²) < 4.78 is 8.05. The second-order valence-corrected chi connectivity index (χ2v) is 7.91. The van der Waals surface area contributed by atoms with E-state index in [1.807, 2.05) is 12.1 Å². The van der Waals surface area contributed by atoms with E-state index in [1.165, 1.54) is 5.56 Å². The van der Waals surface area contributed by atoms with Crippen molar-refractivity contribution in [1.29, 1.82) is 0 Å². The van der Waals surface area contributed by atoms with Crippen LogP contribution in [-0.2, 0) is 24.4 Å². The van der Waals surface area contributed by atoms with Gasteiger partial charge in [-0.1, -0.05) is 44.7 Å². The van der Waals surface area contributed by atoms with Crippen molar-refractivity contribution in [3.63, 3.8) is 0 Å². The molecule has 5 nitrogen and oxygen atoms in total. The Labute approximate surface area is 160 Å². The van der Waals surface area contributed by atoms with E-state index in [1.54, 1.807) is 18.7 Å². The number of hydrogen-bond acceptors (Lipinski definition) is 5. The lowest BCUT2D eigenvalue weighted by molar-refractivity contribution is -0.117. The molecule has 0 saturated carbocycles. The van der Waals surface area contributed by atoms with Gasteiger partial charge < -0.3 is 14.1 Å². The fraction of sp³-hybridized carbons (Fsp3) is 0.550. The van der Waals surface area contributed by atoms with Crippen LogP contribution < -0.4 is 4.74 Å². The van der Waals surface area contributed by atoms with E-state index in [4.69, 9.17) is 4.74 Å². The van der Waals surface area contributed by atoms with Crippen molar-refractivity contribution < 1.29 is 9.53 Å². The standard InChI is InChI=1S/C20H29N3O2S/c1-5-17-8-10-18(11-9-17)25-14-19-21-22-20(23(19)13-15(2)3)26-12-6-7-16(4)24/h8-11,15H,5-7,12-14H2,1-4H3. The normalized spacial score (nSPS) is 11.1. The molecule has 0 saturated heterocycles. The summed E-state index contributed by atoms with van der Waals surface area (Å²) in [7, 11) is 0. The molecule has 1 aromatic carbocycles. The van der Waals surface area contributed by atoms with Crippen molar-refractivity contribution >= 4 is 17.5 Å². The summed E-state index contributed by atoms with van der Waals surface area (Å²) in [5.41, 5.74) is 1.30. The average Bonchev–Trinajstić information content (AvgIpc) is 2.98. The predicted molar refractivity (Wildman–Crippen MR) is 106 cm³/mol. The largest absolute Gasteiger partial charge is 0.486 e. The molecular formula is C20H29N3O2S. The third kappa shape index (κ3) is 6.48. The Balaban J connectivity index is 2.00. The Kier molecular flexibility index (Phi) is 8.16. The lowest BCUT2D eigenvalue weighted by Crippen LogP contribution is -2.12. The summed E-state index contributed by atoms with van der Waals surface area (Å²) >= 11 is 1.66. The van der Waals surface area contributed by atoms with Gasteiger partial charge in [0.1, 0.15) is 18.1 Å². The Morgan fingerprint density at radius 3 is 2.58 bits per heavy atom. The van der Waals surface area contributed by atoms with Crippen molar-refractivity contribution in [2.75, 3.05) is 5.75 Å². The number of carbonyl (C=O) groups excluding carboxylic acids is 1. The Morgan fingerprint density at radius 1 is 1.23 bits per heavy atom. The van der Waals surface area contributed by atoms with E-state index in [0.717, 1.165) is 41.9 Å². The first-order valence-electron chi connectivity index (χ1n) is 9.25. The van der Waals surface area contributed by atoms with Gasteiger partial charge in [0.05, 0.1) is 0 Å². The fourth-order valence-electron chi connectivity index (χ4n) is 2.53. The van der Waals surface area contributed by atoms with Gasteiger partial charge in [-0.2, -0.15) is 0 Å². The van der Waals surface area contributed by atoms with Gasteiger partial charge in [-0.25, -0.2) is 0 Å². The maximum absolute atomic E-state index is 11.1. The van der Waals surface area contributed by atoms with Gasteiger partial charge in [0.15, 0.2) is 11.0 Å². The van der Waals surface area contributed by atoms with Crippen LogP contribution in [0.15, 0.2) is 29.4 Å². The third-order valence-corrected chi connectivity index (χ3v) is 5.00. The summed E-state index contributed by atoms with van der Waals surface area (Å²) in [6.45, 7) is 9.39. The quantitative estimate of drug-likeness (QED) is 0.426. The zero-order chi connectivity index (χ0) is 18.9. The maximum atomic E-state index is 11.1. The van der Waals surface area contributed by atoms with Gasteiger partial charge in [-0.3, -0.25) is 0 Å². The fourth-order valence-corrected chi connectivity index (χ4v) is 3.44. The topological polar surface area (TPSA) is 57.0 Å². The molecule has 0 radical (unpaired) electrons. The van der Waals surface area contributed by atoms with Crippen LogP contribution in [0.2, 0.25) is 0 Å². The lowest BCUT2D eigenvalue weighted by atomic mass is 10.2. The van der Waals surface area contributed by atoms with Crippen molar-refractivity contribution in [3.8, 4) is 5.75 Å². The summed E-state index contributed by atoms with van der Waals surface area (Å²) in [6.07, 6.45) is 2.51. The van der Waals surface area contributed by atoms with Crippen LogP contribution in [0, 0.1) is 5.92 Å². The zero-order valence-electron chi connectivity index (χ0n) is 16.2. The summed E-state index contributed by atoms with van der Waals surface area (Å²) in [5, 5.41) is 9.57. The van der Waals surface area contributed by atoms with Crippen LogP contribution >= 0.6 is 11.8 Å². The van der Waals surface area contributed by atoms with Gasteiger partial charge in [-0.15, -0.1) is 10.2 Å². The molecule has 6 heteroatoms. The smallest absolute Gasteiger partial charge is 0.191 e. The first kappa shape index (κ1) is 20.5. The minimum Gasteiger partial charge on any atom is -0.486 e. The van der Waals surface area contributed by atoms with Crippen molar-refractivity contribution in [2.45, 2.75) is 65.3 Å². The minimum atomic E-state index is 0.234. The number of thioether (sulfide) groups is 1. The number of aromatic nitrogens is 3. The molecule has 0 unspecified atom stereocenters. The summed E-state index contributed by atoms with van der Waals surface area (Å²) in [5.74, 6) is 3.28. The Hall–Kier alpha value is -1.82. The Morgan fingerprint density at radius 2 is 1.96 bits per heavy atom. The van der Waals surface area contributed by atoms with E-state index < -0.39 is 0 Å². The number of rotatable bonds is 11. The highest BCUT2D eigenvalue weighted by molar-refractivity contribution is 7.99.